The second kappa shape index (κ2) is 6.26. The van der Waals surface area contributed by atoms with E-state index in [1.807, 2.05) is 25.1 Å². The summed E-state index contributed by atoms with van der Waals surface area (Å²) in [5.41, 5.74) is 4.99. The largest absolute Gasteiger partial charge is 0.337 e. The lowest BCUT2D eigenvalue weighted by molar-refractivity contribution is 0.0786. The molecule has 6 heteroatoms. The van der Waals surface area contributed by atoms with Gasteiger partial charge in [-0.1, -0.05) is 11.6 Å². The van der Waals surface area contributed by atoms with Gasteiger partial charge in [0.25, 0.3) is 5.91 Å². The van der Waals surface area contributed by atoms with Crippen molar-refractivity contribution in [2.75, 3.05) is 12.5 Å². The van der Waals surface area contributed by atoms with Crippen LogP contribution in [0, 0.1) is 6.92 Å². The molecule has 1 aromatic carbocycles. The Labute approximate surface area is 127 Å². The van der Waals surface area contributed by atoms with Crippen molar-refractivity contribution in [2.24, 2.45) is 5.84 Å². The second-order valence-corrected chi connectivity index (χ2v) is 6.34. The number of hydrogen-bond acceptors (Lipinski definition) is 4. The van der Waals surface area contributed by atoms with E-state index in [0.717, 1.165) is 20.5 Å². The van der Waals surface area contributed by atoms with Crippen LogP contribution in [-0.4, -0.2) is 17.9 Å². The standard InChI is InChI=1S/C14H16ClN3OS/c1-9-7-10(3-5-12(9)17-16)14(19)18(2)8-11-4-6-13(15)20-11/h3-7,17H,8,16H2,1-2H3. The van der Waals surface area contributed by atoms with Crippen LogP contribution >= 0.6 is 22.9 Å². The third-order valence-corrected chi connectivity index (χ3v) is 4.21. The van der Waals surface area contributed by atoms with E-state index in [0.29, 0.717) is 12.1 Å². The molecule has 1 aromatic heterocycles. The number of benzene rings is 1. The lowest BCUT2D eigenvalue weighted by atomic mass is 10.1. The molecule has 0 atom stereocenters. The molecule has 0 unspecified atom stereocenters. The number of amides is 1. The van der Waals surface area contributed by atoms with Crippen molar-refractivity contribution in [1.29, 1.82) is 0 Å². The molecule has 106 valence electrons. The zero-order valence-corrected chi connectivity index (χ0v) is 12.9. The van der Waals surface area contributed by atoms with Gasteiger partial charge < -0.3 is 10.3 Å². The highest BCUT2D eigenvalue weighted by atomic mass is 35.5. The number of nitrogen functional groups attached to an aromatic ring is 1. The van der Waals surface area contributed by atoms with Crippen LogP contribution in [0.25, 0.3) is 0 Å². The van der Waals surface area contributed by atoms with Crippen LogP contribution < -0.4 is 11.3 Å². The number of anilines is 1. The Balaban J connectivity index is 2.12. The van der Waals surface area contributed by atoms with Crippen LogP contribution in [0.3, 0.4) is 0 Å². The number of carbonyl (C=O) groups is 1. The number of nitrogens with one attached hydrogen (secondary N) is 1. The lowest BCUT2D eigenvalue weighted by Crippen LogP contribution is -2.26. The molecule has 4 nitrogen and oxygen atoms in total. The molecule has 2 rings (SSSR count). The molecule has 1 amide bonds. The monoisotopic (exact) mass is 309 g/mol. The van der Waals surface area contributed by atoms with Gasteiger partial charge in [0.2, 0.25) is 0 Å². The third kappa shape index (κ3) is 3.30. The molecular formula is C14H16ClN3OS. The Morgan fingerprint density at radius 1 is 1.40 bits per heavy atom. The van der Waals surface area contributed by atoms with Crippen molar-refractivity contribution in [1.82, 2.24) is 4.90 Å². The van der Waals surface area contributed by atoms with Crippen LogP contribution in [0.5, 0.6) is 0 Å². The topological polar surface area (TPSA) is 58.4 Å². The summed E-state index contributed by atoms with van der Waals surface area (Å²) in [5, 5.41) is 0. The summed E-state index contributed by atoms with van der Waals surface area (Å²) >= 11 is 7.37. The summed E-state index contributed by atoms with van der Waals surface area (Å²) in [6.45, 7) is 2.46. The number of aryl methyl sites for hydroxylation is 1. The van der Waals surface area contributed by atoms with Gasteiger partial charge in [-0.2, -0.15) is 0 Å². The van der Waals surface area contributed by atoms with E-state index in [1.165, 1.54) is 11.3 Å². The van der Waals surface area contributed by atoms with Crippen LogP contribution in [0.15, 0.2) is 30.3 Å². The van der Waals surface area contributed by atoms with E-state index in [9.17, 15) is 4.79 Å². The highest BCUT2D eigenvalue weighted by molar-refractivity contribution is 7.16. The lowest BCUT2D eigenvalue weighted by Gasteiger charge is -2.17. The summed E-state index contributed by atoms with van der Waals surface area (Å²) in [6.07, 6.45) is 0. The van der Waals surface area contributed by atoms with Crippen LogP contribution in [0.4, 0.5) is 5.69 Å². The van der Waals surface area contributed by atoms with Gasteiger partial charge in [0.15, 0.2) is 0 Å². The zero-order chi connectivity index (χ0) is 14.7. The number of nitrogens with two attached hydrogens (primary N) is 1. The Morgan fingerprint density at radius 3 is 2.70 bits per heavy atom. The Hall–Kier alpha value is -1.56. The minimum absolute atomic E-state index is 0.0267. The third-order valence-electron chi connectivity index (χ3n) is 3.00. The first-order valence-electron chi connectivity index (χ1n) is 6.08. The Morgan fingerprint density at radius 2 is 2.15 bits per heavy atom. The number of nitrogens with zero attached hydrogens (tertiary/aromatic N) is 1. The molecule has 2 aromatic rings. The zero-order valence-electron chi connectivity index (χ0n) is 11.3. The van der Waals surface area contributed by atoms with Crippen LogP contribution in [-0.2, 0) is 6.54 Å². The summed E-state index contributed by atoms with van der Waals surface area (Å²) < 4.78 is 0.732. The van der Waals surface area contributed by atoms with Gasteiger partial charge in [-0.05, 0) is 42.8 Å². The molecule has 0 aliphatic heterocycles. The van der Waals surface area contributed by atoms with E-state index in [4.69, 9.17) is 17.4 Å². The van der Waals surface area contributed by atoms with E-state index < -0.39 is 0 Å². The number of hydrogen-bond donors (Lipinski definition) is 2. The maximum Gasteiger partial charge on any atom is 0.253 e. The van der Waals surface area contributed by atoms with Gasteiger partial charge in [0.1, 0.15) is 0 Å². The van der Waals surface area contributed by atoms with Gasteiger partial charge in [0.05, 0.1) is 16.6 Å². The average molecular weight is 310 g/mol. The highest BCUT2D eigenvalue weighted by Crippen LogP contribution is 2.23. The smallest absolute Gasteiger partial charge is 0.253 e. The molecule has 20 heavy (non-hydrogen) atoms. The molecule has 1 heterocycles. The summed E-state index contributed by atoms with van der Waals surface area (Å²) in [5.74, 6) is 5.36. The number of hydrazine groups is 1. The minimum Gasteiger partial charge on any atom is -0.337 e. The van der Waals surface area contributed by atoms with Gasteiger partial charge in [-0.25, -0.2) is 0 Å². The molecule has 0 fully saturated rings. The van der Waals surface area contributed by atoms with E-state index >= 15 is 0 Å². The fourth-order valence-electron chi connectivity index (χ4n) is 1.92. The fourth-order valence-corrected chi connectivity index (χ4v) is 3.06. The molecule has 0 spiro atoms. The summed E-state index contributed by atoms with van der Waals surface area (Å²) in [6, 6.07) is 9.17. The quantitative estimate of drug-likeness (QED) is 0.673. The first kappa shape index (κ1) is 14.8. The summed E-state index contributed by atoms with van der Waals surface area (Å²) in [4.78, 5) is 15.1. The number of carbonyl (C=O) groups excluding carboxylic acids is 1. The van der Waals surface area contributed by atoms with E-state index in [-0.39, 0.29) is 5.91 Å². The maximum atomic E-state index is 12.4. The van der Waals surface area contributed by atoms with Crippen molar-refractivity contribution < 1.29 is 4.79 Å². The van der Waals surface area contributed by atoms with Gasteiger partial charge >= 0.3 is 0 Å². The van der Waals surface area contributed by atoms with Gasteiger partial charge in [-0.3, -0.25) is 10.6 Å². The van der Waals surface area contributed by atoms with Gasteiger partial charge in [-0.15, -0.1) is 11.3 Å². The first-order valence-corrected chi connectivity index (χ1v) is 7.27. The molecule has 0 radical (unpaired) electrons. The molecule has 3 N–H and O–H groups in total. The second-order valence-electron chi connectivity index (χ2n) is 4.54. The molecule has 0 aliphatic carbocycles. The van der Waals surface area contributed by atoms with Gasteiger partial charge in [0, 0.05) is 17.5 Å². The number of halogens is 1. The molecule has 0 bridgehead atoms. The highest BCUT2D eigenvalue weighted by Gasteiger charge is 2.14. The maximum absolute atomic E-state index is 12.4. The Bertz CT molecular complexity index is 627. The van der Waals surface area contributed by atoms with E-state index in [2.05, 4.69) is 5.43 Å². The van der Waals surface area contributed by atoms with Crippen molar-refractivity contribution in [3.8, 4) is 0 Å². The normalized spacial score (nSPS) is 10.4. The van der Waals surface area contributed by atoms with Crippen molar-refractivity contribution in [3.63, 3.8) is 0 Å². The predicted molar refractivity (Wildman–Crippen MR) is 84.1 cm³/mol. The molecular weight excluding hydrogens is 294 g/mol. The molecule has 0 saturated heterocycles. The minimum atomic E-state index is -0.0267. The molecule has 0 saturated carbocycles. The predicted octanol–water partition coefficient (Wildman–Crippen LogP) is 3.27. The first-order chi connectivity index (χ1) is 9.51. The van der Waals surface area contributed by atoms with Crippen molar-refractivity contribution >= 4 is 34.5 Å². The Kier molecular flexibility index (Phi) is 4.65. The van der Waals surface area contributed by atoms with Crippen molar-refractivity contribution in [2.45, 2.75) is 13.5 Å². The number of thiophene rings is 1. The van der Waals surface area contributed by atoms with Crippen LogP contribution in [0.1, 0.15) is 20.8 Å². The summed E-state index contributed by atoms with van der Waals surface area (Å²) in [7, 11) is 1.78. The van der Waals surface area contributed by atoms with Crippen molar-refractivity contribution in [3.05, 3.63) is 50.7 Å². The number of rotatable bonds is 4. The SMILES string of the molecule is Cc1cc(C(=O)N(C)Cc2ccc(Cl)s2)ccc1NN. The van der Waals surface area contributed by atoms with Crippen LogP contribution in [0.2, 0.25) is 4.34 Å². The molecule has 0 aliphatic rings. The fraction of sp³-hybridized carbons (Fsp3) is 0.214. The average Bonchev–Trinajstić information content (AvgIpc) is 2.83. The van der Waals surface area contributed by atoms with E-state index in [1.54, 1.807) is 24.1 Å².